The number of aromatic amines is 1. The molecule has 2 saturated heterocycles. The first-order valence-corrected chi connectivity index (χ1v) is 13.9. The summed E-state index contributed by atoms with van der Waals surface area (Å²) >= 11 is 0. The molecule has 3 aromatic carbocycles. The second-order valence-corrected chi connectivity index (χ2v) is 10.8. The summed E-state index contributed by atoms with van der Waals surface area (Å²) in [6, 6.07) is 18.9. The molecule has 0 spiro atoms. The molecule has 7 rings (SSSR count). The van der Waals surface area contributed by atoms with E-state index >= 15 is 0 Å². The summed E-state index contributed by atoms with van der Waals surface area (Å²) in [5, 5.41) is 10.7. The van der Waals surface area contributed by atoms with Crippen LogP contribution in [0.25, 0.3) is 10.9 Å². The number of benzene rings is 3. The molecule has 10 heteroatoms. The predicted molar refractivity (Wildman–Crippen MR) is 153 cm³/mol. The zero-order valence-electron chi connectivity index (χ0n) is 22.8. The van der Waals surface area contributed by atoms with Crippen molar-refractivity contribution in [2.45, 2.75) is 37.4 Å². The highest BCUT2D eigenvalue weighted by atomic mass is 16.5. The molecule has 42 heavy (non-hydrogen) atoms. The van der Waals surface area contributed by atoms with Crippen molar-refractivity contribution < 1.29 is 29.0 Å². The Morgan fingerprint density at radius 1 is 0.976 bits per heavy atom. The normalized spacial score (nSPS) is 21.5. The number of nitrogens with one attached hydrogen (secondary N) is 1. The summed E-state index contributed by atoms with van der Waals surface area (Å²) < 4.78 is 5.35. The van der Waals surface area contributed by atoms with Gasteiger partial charge in [-0.15, -0.1) is 0 Å². The molecule has 3 aliphatic heterocycles. The highest BCUT2D eigenvalue weighted by Gasteiger charge is 2.54. The highest BCUT2D eigenvalue weighted by molar-refractivity contribution is 6.24. The zero-order chi connectivity index (χ0) is 29.1. The van der Waals surface area contributed by atoms with Gasteiger partial charge in [0.2, 0.25) is 0 Å². The lowest BCUT2D eigenvalue weighted by molar-refractivity contribution is -0.141. The van der Waals surface area contributed by atoms with E-state index in [9.17, 15) is 24.3 Å². The minimum Gasteiger partial charge on any atom is -0.497 e. The number of carbonyl (C=O) groups excluding carboxylic acids is 3. The van der Waals surface area contributed by atoms with E-state index in [-0.39, 0.29) is 11.3 Å². The topological polar surface area (TPSA) is 123 Å². The summed E-state index contributed by atoms with van der Waals surface area (Å²) in [6.07, 6.45) is 1.24. The second kappa shape index (κ2) is 9.76. The van der Waals surface area contributed by atoms with Crippen LogP contribution in [-0.2, 0) is 16.0 Å². The number of carboxylic acids is 1. The Morgan fingerprint density at radius 3 is 2.48 bits per heavy atom. The Hall–Kier alpha value is -5.12. The average molecular weight is 565 g/mol. The van der Waals surface area contributed by atoms with Gasteiger partial charge in [0.15, 0.2) is 0 Å². The molecule has 4 aromatic rings. The minimum atomic E-state index is -1.07. The number of methoxy groups -OCH3 is 1. The van der Waals surface area contributed by atoms with Crippen LogP contribution in [0.4, 0.5) is 10.5 Å². The van der Waals surface area contributed by atoms with Crippen molar-refractivity contribution in [1.82, 2.24) is 14.8 Å². The number of hydrogen-bond acceptors (Lipinski definition) is 5. The van der Waals surface area contributed by atoms with Gasteiger partial charge >= 0.3 is 12.0 Å². The van der Waals surface area contributed by atoms with Crippen LogP contribution in [-0.4, -0.2) is 69.4 Å². The molecule has 0 saturated carbocycles. The Labute approximate surface area is 241 Å². The summed E-state index contributed by atoms with van der Waals surface area (Å²) in [4.78, 5) is 61.5. The molecule has 3 aliphatic rings. The average Bonchev–Trinajstić information content (AvgIpc) is 3.71. The van der Waals surface area contributed by atoms with Gasteiger partial charge in [-0.3, -0.25) is 14.5 Å². The van der Waals surface area contributed by atoms with Gasteiger partial charge < -0.3 is 19.7 Å². The second-order valence-electron chi connectivity index (χ2n) is 10.8. The Bertz CT molecular complexity index is 1760. The third-order valence-corrected chi connectivity index (χ3v) is 8.65. The van der Waals surface area contributed by atoms with Crippen LogP contribution in [0.2, 0.25) is 0 Å². The molecule has 0 radical (unpaired) electrons. The highest BCUT2D eigenvalue weighted by Crippen LogP contribution is 2.45. The third-order valence-electron chi connectivity index (χ3n) is 8.65. The monoisotopic (exact) mass is 564 g/mol. The molecule has 4 amide bonds. The number of urea groups is 1. The fraction of sp³-hybridized carbons (Fsp3) is 0.250. The SMILES string of the molecule is COc1ccc(C2c3[nH]c4ccccc4c3C[C@H]3C(=O)N(c4ccccc4C(=O)N4CCC[C@@H]4C(=O)O)C(=O)N23)cc1. The number of aliphatic carboxylic acids is 1. The van der Waals surface area contributed by atoms with Crippen LogP contribution in [0, 0.1) is 0 Å². The Morgan fingerprint density at radius 2 is 1.71 bits per heavy atom. The molecule has 2 fully saturated rings. The van der Waals surface area contributed by atoms with E-state index in [0.717, 1.165) is 32.6 Å². The number of carbonyl (C=O) groups is 4. The molecule has 2 N–H and O–H groups in total. The molecule has 4 heterocycles. The molecule has 1 aromatic heterocycles. The van der Waals surface area contributed by atoms with Crippen LogP contribution in [0.3, 0.4) is 0 Å². The van der Waals surface area contributed by atoms with Crippen LogP contribution in [0.15, 0.2) is 72.8 Å². The number of amides is 4. The van der Waals surface area contributed by atoms with Crippen LogP contribution < -0.4 is 9.64 Å². The Kier molecular flexibility index (Phi) is 6.00. The van der Waals surface area contributed by atoms with E-state index in [4.69, 9.17) is 4.74 Å². The van der Waals surface area contributed by atoms with Gasteiger partial charge in [-0.05, 0) is 54.3 Å². The number of likely N-dealkylation sites (tertiary alicyclic amines) is 1. The van der Waals surface area contributed by atoms with Gasteiger partial charge in [0.1, 0.15) is 23.9 Å². The van der Waals surface area contributed by atoms with Gasteiger partial charge in [-0.25, -0.2) is 14.5 Å². The maximum absolute atomic E-state index is 14.3. The van der Waals surface area contributed by atoms with Gasteiger partial charge in [-0.2, -0.15) is 0 Å². The lowest BCUT2D eigenvalue weighted by Crippen LogP contribution is -2.44. The number of ether oxygens (including phenoxy) is 1. The molecule has 212 valence electrons. The summed E-state index contributed by atoms with van der Waals surface area (Å²) in [6.45, 7) is 0.294. The zero-order valence-corrected chi connectivity index (χ0v) is 22.8. The number of nitrogens with zero attached hydrogens (tertiary/aromatic N) is 3. The summed E-state index contributed by atoms with van der Waals surface area (Å²) in [5.74, 6) is -1.34. The molecular formula is C32H28N4O6. The molecular weight excluding hydrogens is 536 g/mol. The maximum atomic E-state index is 14.3. The first-order chi connectivity index (χ1) is 20.4. The van der Waals surface area contributed by atoms with Crippen molar-refractivity contribution in [3.8, 4) is 5.75 Å². The van der Waals surface area contributed by atoms with Crippen molar-refractivity contribution in [1.29, 1.82) is 0 Å². The van der Waals surface area contributed by atoms with Gasteiger partial charge in [0.05, 0.1) is 18.4 Å². The van der Waals surface area contributed by atoms with Crippen molar-refractivity contribution in [3.63, 3.8) is 0 Å². The predicted octanol–water partition coefficient (Wildman–Crippen LogP) is 4.35. The smallest absolute Gasteiger partial charge is 0.332 e. The number of imide groups is 1. The van der Waals surface area contributed by atoms with Crippen molar-refractivity contribution in [3.05, 3.63) is 95.2 Å². The quantitative estimate of drug-likeness (QED) is 0.348. The fourth-order valence-electron chi connectivity index (χ4n) is 6.70. The molecule has 0 aliphatic carbocycles. The minimum absolute atomic E-state index is 0.122. The van der Waals surface area contributed by atoms with Gasteiger partial charge in [0.25, 0.3) is 11.8 Å². The van der Waals surface area contributed by atoms with E-state index in [0.29, 0.717) is 31.6 Å². The lowest BCUT2D eigenvalue weighted by atomic mass is 9.89. The molecule has 0 bridgehead atoms. The van der Waals surface area contributed by atoms with Crippen molar-refractivity contribution >= 4 is 40.4 Å². The first kappa shape index (κ1) is 25.8. The Balaban J connectivity index is 1.33. The number of H-pyrrole nitrogens is 1. The first-order valence-electron chi connectivity index (χ1n) is 13.9. The number of carboxylic acid groups (broad SMARTS) is 1. The van der Waals surface area contributed by atoms with E-state index in [1.165, 1.54) is 4.90 Å². The summed E-state index contributed by atoms with van der Waals surface area (Å²) in [7, 11) is 1.58. The number of anilines is 1. The van der Waals surface area contributed by atoms with Crippen LogP contribution in [0.1, 0.15) is 46.1 Å². The molecule has 3 atom stereocenters. The number of rotatable bonds is 5. The van der Waals surface area contributed by atoms with E-state index < -0.39 is 41.9 Å². The molecule has 1 unspecified atom stereocenters. The number of fused-ring (bicyclic) bond motifs is 4. The third kappa shape index (κ3) is 3.78. The van der Waals surface area contributed by atoms with E-state index in [1.54, 1.807) is 36.3 Å². The lowest BCUT2D eigenvalue weighted by Gasteiger charge is -2.36. The maximum Gasteiger partial charge on any atom is 0.332 e. The molecule has 10 nitrogen and oxygen atoms in total. The van der Waals surface area contributed by atoms with Gasteiger partial charge in [-0.1, -0.05) is 42.5 Å². The number of aromatic nitrogens is 1. The largest absolute Gasteiger partial charge is 0.497 e. The number of para-hydroxylation sites is 2. The van der Waals surface area contributed by atoms with Crippen LogP contribution in [0.5, 0.6) is 5.75 Å². The standard InChI is InChI=1S/C32H28N4O6/c1-42-19-14-12-18(13-15-19)28-27-22(20-7-2-4-9-23(20)33-27)17-26-30(38)36(32(41)35(26)28)24-10-5-3-8-21(24)29(37)34-16-6-11-25(34)31(39)40/h2-5,7-10,12-15,25-26,28,33H,6,11,16-17H2,1H3,(H,39,40)/t25-,26+,28?/m1/s1. The van der Waals surface area contributed by atoms with Gasteiger partial charge in [0, 0.05) is 29.6 Å². The van der Waals surface area contributed by atoms with E-state index in [1.807, 2.05) is 48.5 Å². The van der Waals surface area contributed by atoms with E-state index in [2.05, 4.69) is 4.98 Å². The summed E-state index contributed by atoms with van der Waals surface area (Å²) in [5.41, 5.74) is 3.82. The fourth-order valence-corrected chi connectivity index (χ4v) is 6.70. The van der Waals surface area contributed by atoms with Crippen molar-refractivity contribution in [2.24, 2.45) is 0 Å². The van der Waals surface area contributed by atoms with Crippen LogP contribution >= 0.6 is 0 Å². The number of hydrogen-bond donors (Lipinski definition) is 2. The van der Waals surface area contributed by atoms with Crippen molar-refractivity contribution in [2.75, 3.05) is 18.6 Å².